The van der Waals surface area contributed by atoms with Gasteiger partial charge in [-0.2, -0.15) is 5.26 Å². The summed E-state index contributed by atoms with van der Waals surface area (Å²) in [6.07, 6.45) is 8.83. The van der Waals surface area contributed by atoms with Gasteiger partial charge in [0, 0.05) is 53.9 Å². The number of hydrogen-bond acceptors (Lipinski definition) is 12. The zero-order valence-corrected chi connectivity index (χ0v) is 37.6. The molecule has 12 nitrogen and oxygen atoms in total. The Balaban J connectivity index is 1.29. The molecule has 1 saturated carbocycles. The molecule has 0 bridgehead atoms. The van der Waals surface area contributed by atoms with E-state index in [-0.39, 0.29) is 63.2 Å². The third kappa shape index (κ3) is 9.92. The molecular weight excluding hydrogens is 843 g/mol. The van der Waals surface area contributed by atoms with E-state index in [1.54, 1.807) is 42.1 Å². The number of benzene rings is 4. The molecular formula is C52H57N3O9S. The minimum Gasteiger partial charge on any atom is -0.493 e. The summed E-state index contributed by atoms with van der Waals surface area (Å²) in [5.41, 5.74) is 4.24. The number of nitrogens with zero attached hydrogens (tertiary/aromatic N) is 3. The van der Waals surface area contributed by atoms with Crippen LogP contribution in [-0.2, 0) is 16.1 Å². The van der Waals surface area contributed by atoms with Gasteiger partial charge in [0.25, 0.3) is 5.91 Å². The summed E-state index contributed by atoms with van der Waals surface area (Å²) in [7, 11) is 1.54. The van der Waals surface area contributed by atoms with Gasteiger partial charge in [0.1, 0.15) is 24.7 Å². The van der Waals surface area contributed by atoms with Gasteiger partial charge in [-0.15, -0.1) is 18.3 Å². The van der Waals surface area contributed by atoms with Crippen LogP contribution in [0.15, 0.2) is 125 Å². The van der Waals surface area contributed by atoms with Gasteiger partial charge in [-0.1, -0.05) is 54.4 Å². The summed E-state index contributed by atoms with van der Waals surface area (Å²) in [6, 6.07) is 30.0. The highest BCUT2D eigenvalue weighted by molar-refractivity contribution is 7.99. The SMILES string of the molecule is C=CCO[C@@]12Oc3ccc(OCCSc4ccccc4)cc3[C@H]3[C@H](CCCCO)[C@@H](CCCCO)C=C(C(=NOC)C[C@@H]1N(Cc1ccc4c(c1)OCO4)C(=O)c1ccc(C#N)cc1)[C@H]32. The number of carbonyl (C=O) groups excluding carboxylic acids is 1. The van der Waals surface area contributed by atoms with Crippen LogP contribution >= 0.6 is 11.8 Å². The van der Waals surface area contributed by atoms with Gasteiger partial charge < -0.3 is 43.6 Å². The molecule has 4 aromatic carbocycles. The number of rotatable bonds is 21. The van der Waals surface area contributed by atoms with Gasteiger partial charge in [-0.25, -0.2) is 0 Å². The Morgan fingerprint density at radius 3 is 2.49 bits per heavy atom. The number of carbonyl (C=O) groups is 1. The smallest absolute Gasteiger partial charge is 0.254 e. The van der Waals surface area contributed by atoms with Crippen LogP contribution in [0.25, 0.3) is 0 Å². The maximum atomic E-state index is 15.3. The highest BCUT2D eigenvalue weighted by atomic mass is 32.2. The highest BCUT2D eigenvalue weighted by Gasteiger charge is 2.65. The van der Waals surface area contributed by atoms with E-state index in [1.807, 2.05) is 53.4 Å². The third-order valence-electron chi connectivity index (χ3n) is 12.9. The molecule has 4 aromatic rings. The van der Waals surface area contributed by atoms with E-state index in [2.05, 4.69) is 36.9 Å². The van der Waals surface area contributed by atoms with Crippen LogP contribution in [-0.4, -0.2) is 84.6 Å². The summed E-state index contributed by atoms with van der Waals surface area (Å²) in [5, 5.41) is 34.3. The Hall–Kier alpha value is -5.78. The second-order valence-electron chi connectivity index (χ2n) is 16.8. The van der Waals surface area contributed by atoms with Crippen molar-refractivity contribution in [2.75, 3.05) is 46.1 Å². The number of unbranched alkanes of at least 4 members (excludes halogenated alkanes) is 2. The second kappa shape index (κ2) is 21.5. The predicted molar refractivity (Wildman–Crippen MR) is 248 cm³/mol. The molecule has 340 valence electrons. The molecule has 0 unspecified atom stereocenters. The molecule has 1 amide bonds. The van der Waals surface area contributed by atoms with E-state index in [9.17, 15) is 15.5 Å². The first-order valence-electron chi connectivity index (χ1n) is 22.5. The van der Waals surface area contributed by atoms with Crippen LogP contribution in [0.2, 0.25) is 0 Å². The van der Waals surface area contributed by atoms with Crippen molar-refractivity contribution in [3.63, 3.8) is 0 Å². The van der Waals surface area contributed by atoms with Gasteiger partial charge in [-0.05, 0) is 115 Å². The zero-order chi connectivity index (χ0) is 45.2. The molecule has 65 heavy (non-hydrogen) atoms. The molecule has 6 atom stereocenters. The highest BCUT2D eigenvalue weighted by Crippen LogP contribution is 2.62. The lowest BCUT2D eigenvalue weighted by Crippen LogP contribution is -2.70. The van der Waals surface area contributed by atoms with E-state index in [1.165, 1.54) is 12.0 Å². The Bertz CT molecular complexity index is 2390. The molecule has 2 heterocycles. The lowest BCUT2D eigenvalue weighted by Gasteiger charge is -2.60. The fourth-order valence-electron chi connectivity index (χ4n) is 10.1. The van der Waals surface area contributed by atoms with Crippen LogP contribution in [0.1, 0.15) is 77.9 Å². The average Bonchev–Trinajstić information content (AvgIpc) is 3.81. The van der Waals surface area contributed by atoms with Gasteiger partial charge in [0.15, 0.2) is 11.5 Å². The summed E-state index contributed by atoms with van der Waals surface area (Å²) >= 11 is 1.74. The van der Waals surface area contributed by atoms with Gasteiger partial charge in [0.05, 0.1) is 36.5 Å². The number of nitriles is 1. The van der Waals surface area contributed by atoms with Crippen LogP contribution in [0, 0.1) is 29.1 Å². The zero-order valence-electron chi connectivity index (χ0n) is 36.8. The number of thioether (sulfide) groups is 1. The molecule has 0 saturated heterocycles. The number of aliphatic hydroxyl groups excluding tert-OH is 2. The standard InChI is InChI=1S/C52H57N3O9S/c1-3-25-63-52-48(55(51(58)37-18-15-35(32-53)16-19-37)33-36-17-21-46-47(28-36)62-34-61-46)31-44(54-59-2)42-29-38(11-7-9-23-56)41(14-8-10-24-57)49(50(42)52)43-30-39(20-22-45(43)64-52)60-26-27-65-40-12-5-4-6-13-40/h3-6,12-13,15-22,28-30,38,41,48-50,56-57H,1,7-11,14,23-27,31,33-34H2,2H3/t38-,41+,48-,49+,50+,52+/m0/s1. The molecule has 2 aliphatic heterocycles. The van der Waals surface area contributed by atoms with Crippen molar-refractivity contribution in [1.82, 2.24) is 4.90 Å². The monoisotopic (exact) mass is 899 g/mol. The Kier molecular flexibility index (Phi) is 15.1. The van der Waals surface area contributed by atoms with Crippen molar-refractivity contribution in [3.8, 4) is 29.1 Å². The summed E-state index contributed by atoms with van der Waals surface area (Å²) < 4.78 is 32.5. The van der Waals surface area contributed by atoms with Crippen molar-refractivity contribution in [2.24, 2.45) is 22.9 Å². The second-order valence-corrected chi connectivity index (χ2v) is 17.9. The van der Waals surface area contributed by atoms with Crippen molar-refractivity contribution < 1.29 is 43.5 Å². The van der Waals surface area contributed by atoms with Gasteiger partial charge in [0.2, 0.25) is 12.6 Å². The number of amides is 1. The van der Waals surface area contributed by atoms with Crippen LogP contribution in [0.3, 0.4) is 0 Å². The first kappa shape index (κ1) is 45.8. The van der Waals surface area contributed by atoms with Crippen molar-refractivity contribution in [3.05, 3.63) is 138 Å². The lowest BCUT2D eigenvalue weighted by molar-refractivity contribution is -0.255. The Morgan fingerprint density at radius 2 is 1.74 bits per heavy atom. The average molecular weight is 900 g/mol. The Morgan fingerprint density at radius 1 is 0.969 bits per heavy atom. The molecule has 2 aliphatic carbocycles. The van der Waals surface area contributed by atoms with Crippen molar-refractivity contribution in [1.29, 1.82) is 5.26 Å². The van der Waals surface area contributed by atoms with E-state index in [4.69, 9.17) is 33.7 Å². The van der Waals surface area contributed by atoms with E-state index in [0.717, 1.165) is 53.9 Å². The predicted octanol–water partition coefficient (Wildman–Crippen LogP) is 9.06. The number of hydrogen-bond donors (Lipinski definition) is 2. The van der Waals surface area contributed by atoms with Crippen LogP contribution < -0.4 is 18.9 Å². The fourth-order valence-corrected chi connectivity index (χ4v) is 10.8. The minimum absolute atomic E-state index is 0.0475. The van der Waals surface area contributed by atoms with Gasteiger partial charge in [-0.3, -0.25) is 4.79 Å². The third-order valence-corrected chi connectivity index (χ3v) is 13.9. The molecule has 13 heteroatoms. The molecule has 0 spiro atoms. The fraction of sp³-hybridized carbons (Fsp3) is 0.404. The molecule has 4 aliphatic rings. The molecule has 0 radical (unpaired) electrons. The van der Waals surface area contributed by atoms with E-state index < -0.39 is 17.7 Å². The van der Waals surface area contributed by atoms with Gasteiger partial charge >= 0.3 is 0 Å². The topological polar surface area (TPSA) is 152 Å². The van der Waals surface area contributed by atoms with Crippen LogP contribution in [0.5, 0.6) is 23.0 Å². The quantitative estimate of drug-likeness (QED) is 0.0357. The molecule has 1 fully saturated rings. The lowest BCUT2D eigenvalue weighted by atomic mass is 9.55. The maximum Gasteiger partial charge on any atom is 0.254 e. The number of oxime groups is 1. The summed E-state index contributed by atoms with van der Waals surface area (Å²) in [4.78, 5) is 24.0. The summed E-state index contributed by atoms with van der Waals surface area (Å²) in [5.74, 6) is 0.993. The first-order chi connectivity index (χ1) is 31.9. The Labute approximate surface area is 385 Å². The van der Waals surface area contributed by atoms with Crippen LogP contribution in [0.4, 0.5) is 0 Å². The molecule has 8 rings (SSSR count). The largest absolute Gasteiger partial charge is 0.493 e. The van der Waals surface area contributed by atoms with Crippen molar-refractivity contribution in [2.45, 2.75) is 74.1 Å². The normalized spacial score (nSPS) is 23.0. The minimum atomic E-state index is -1.47. The maximum absolute atomic E-state index is 15.3. The summed E-state index contributed by atoms with van der Waals surface area (Å²) in [6.45, 7) is 5.12. The van der Waals surface area contributed by atoms with Crippen molar-refractivity contribution >= 4 is 23.4 Å². The van der Waals surface area contributed by atoms with E-state index >= 15 is 4.79 Å². The number of allylic oxidation sites excluding steroid dienone is 1. The number of fused-ring (bicyclic) bond motifs is 3. The molecule has 0 aromatic heterocycles. The number of aliphatic hydroxyl groups is 2. The first-order valence-corrected chi connectivity index (χ1v) is 23.5. The molecule has 2 N–H and O–H groups in total. The van der Waals surface area contributed by atoms with E-state index in [0.29, 0.717) is 53.5 Å². The number of ether oxygens (including phenoxy) is 5.